The fourth-order valence-corrected chi connectivity index (χ4v) is 0.809. The van der Waals surface area contributed by atoms with Gasteiger partial charge in [0.05, 0.1) is 13.2 Å². The summed E-state index contributed by atoms with van der Waals surface area (Å²) >= 11 is 0. The number of carbonyl (C=O) groups excluding carboxylic acids is 3. The van der Waals surface area contributed by atoms with Gasteiger partial charge in [0.1, 0.15) is 12.8 Å². The molecule has 0 atom stereocenters. The number of esters is 2. The summed E-state index contributed by atoms with van der Waals surface area (Å²) in [5.74, 6) is -1.70. The summed E-state index contributed by atoms with van der Waals surface area (Å²) in [6.45, 7) is 3.75. The second-order valence-corrected chi connectivity index (χ2v) is 2.50. The monoisotopic (exact) mass is 261 g/mol. The molecule has 1 radical (unpaired) electrons. The first-order valence-corrected chi connectivity index (χ1v) is 4.43. The van der Waals surface area contributed by atoms with Gasteiger partial charge in [-0.25, -0.2) is 0 Å². The van der Waals surface area contributed by atoms with Crippen molar-refractivity contribution in [1.82, 2.24) is 0 Å². The van der Waals surface area contributed by atoms with Gasteiger partial charge < -0.3 is 9.47 Å². The number of ketones is 1. The third kappa shape index (κ3) is 9.42. The third-order valence-corrected chi connectivity index (χ3v) is 1.29. The van der Waals surface area contributed by atoms with Gasteiger partial charge in [0.15, 0.2) is 5.78 Å². The van der Waals surface area contributed by atoms with E-state index in [0.29, 0.717) is 0 Å². The first-order chi connectivity index (χ1) is 6.60. The minimum atomic E-state index is -0.609. The van der Waals surface area contributed by atoms with E-state index in [-0.39, 0.29) is 42.8 Å². The van der Waals surface area contributed by atoms with Crippen LogP contribution in [0.25, 0.3) is 0 Å². The van der Waals surface area contributed by atoms with Gasteiger partial charge >= 0.3 is 11.9 Å². The number of Topliss-reactive ketones (excluding diaryl/α,β-unsaturated/α-hetero) is 1. The Balaban J connectivity index is 0. The zero-order valence-corrected chi connectivity index (χ0v) is 9.74. The van der Waals surface area contributed by atoms with Gasteiger partial charge in [-0.1, -0.05) is 0 Å². The summed E-state index contributed by atoms with van der Waals surface area (Å²) in [6.07, 6.45) is -0.737. The molecule has 0 saturated carbocycles. The summed E-state index contributed by atoms with van der Waals surface area (Å²) in [4.78, 5) is 32.6. The molecule has 0 bridgehead atoms. The topological polar surface area (TPSA) is 69.7 Å². The van der Waals surface area contributed by atoms with E-state index in [1.807, 2.05) is 0 Å². The van der Waals surface area contributed by atoms with Crippen LogP contribution in [-0.2, 0) is 40.6 Å². The van der Waals surface area contributed by atoms with Crippen LogP contribution in [0.1, 0.15) is 26.7 Å². The third-order valence-electron chi connectivity index (χ3n) is 1.29. The normalized spacial score (nSPS) is 8.67. The standard InChI is InChI=1S/C9H14O5.Co/c1-3-13-8(11)5-7(10)6-9(12)14-4-2;/h3-6H2,1-2H3;. The molecule has 0 aliphatic carbocycles. The second kappa shape index (κ2) is 9.66. The maximum Gasteiger partial charge on any atom is 0.313 e. The Morgan fingerprint density at radius 2 is 1.20 bits per heavy atom. The van der Waals surface area contributed by atoms with Crippen molar-refractivity contribution in [2.24, 2.45) is 0 Å². The van der Waals surface area contributed by atoms with Crippen LogP contribution in [0.4, 0.5) is 0 Å². The molecule has 15 heavy (non-hydrogen) atoms. The first kappa shape index (κ1) is 16.5. The van der Waals surface area contributed by atoms with E-state index in [2.05, 4.69) is 9.47 Å². The molecule has 0 aromatic heterocycles. The number of ether oxygens (including phenoxy) is 2. The number of rotatable bonds is 6. The second-order valence-electron chi connectivity index (χ2n) is 2.50. The minimum absolute atomic E-state index is 0. The Hall–Kier alpha value is -0.884. The molecule has 89 valence electrons. The van der Waals surface area contributed by atoms with Gasteiger partial charge in [-0.2, -0.15) is 0 Å². The van der Waals surface area contributed by atoms with E-state index in [9.17, 15) is 14.4 Å². The minimum Gasteiger partial charge on any atom is -0.466 e. The van der Waals surface area contributed by atoms with Gasteiger partial charge in [-0.3, -0.25) is 14.4 Å². The fraction of sp³-hybridized carbons (Fsp3) is 0.667. The molecule has 0 saturated heterocycles. The van der Waals surface area contributed by atoms with E-state index in [4.69, 9.17) is 0 Å². The first-order valence-electron chi connectivity index (χ1n) is 4.43. The molecule has 0 N–H and O–H groups in total. The average molecular weight is 261 g/mol. The van der Waals surface area contributed by atoms with Crippen LogP contribution in [0.15, 0.2) is 0 Å². The zero-order chi connectivity index (χ0) is 11.0. The number of hydrogen-bond acceptors (Lipinski definition) is 5. The summed E-state index contributed by atoms with van der Waals surface area (Å²) in [7, 11) is 0. The maximum atomic E-state index is 11.0. The summed E-state index contributed by atoms with van der Waals surface area (Å²) in [6, 6.07) is 0. The quantitative estimate of drug-likeness (QED) is 0.513. The van der Waals surface area contributed by atoms with Crippen molar-refractivity contribution in [2.75, 3.05) is 13.2 Å². The Bertz CT molecular complexity index is 205. The predicted molar refractivity (Wildman–Crippen MR) is 47.5 cm³/mol. The molecule has 0 rings (SSSR count). The van der Waals surface area contributed by atoms with E-state index < -0.39 is 17.7 Å². The van der Waals surface area contributed by atoms with Gasteiger partial charge in [0.25, 0.3) is 0 Å². The SMILES string of the molecule is CCOC(=O)CC(=O)CC(=O)OCC.[Co]. The Morgan fingerprint density at radius 3 is 1.47 bits per heavy atom. The fourth-order valence-electron chi connectivity index (χ4n) is 0.809. The van der Waals surface area contributed by atoms with Crippen molar-refractivity contribution in [2.45, 2.75) is 26.7 Å². The average Bonchev–Trinajstić information content (AvgIpc) is 2.03. The van der Waals surface area contributed by atoms with Crippen LogP contribution in [-0.4, -0.2) is 30.9 Å². The summed E-state index contributed by atoms with van der Waals surface area (Å²) in [5.41, 5.74) is 0. The van der Waals surface area contributed by atoms with Crippen molar-refractivity contribution in [3.8, 4) is 0 Å². The van der Waals surface area contributed by atoms with Crippen molar-refractivity contribution in [1.29, 1.82) is 0 Å². The van der Waals surface area contributed by atoms with E-state index >= 15 is 0 Å². The molecule has 0 fully saturated rings. The molecule has 0 heterocycles. The molecular formula is C9H14CoO5. The van der Waals surface area contributed by atoms with Crippen LogP contribution in [0.3, 0.4) is 0 Å². The van der Waals surface area contributed by atoms with Crippen molar-refractivity contribution < 1.29 is 40.6 Å². The van der Waals surface area contributed by atoms with E-state index in [1.54, 1.807) is 13.8 Å². The van der Waals surface area contributed by atoms with Crippen LogP contribution in [0.5, 0.6) is 0 Å². The Kier molecular flexibility index (Phi) is 10.7. The molecular weight excluding hydrogens is 247 g/mol. The van der Waals surface area contributed by atoms with Crippen LogP contribution in [0, 0.1) is 0 Å². The van der Waals surface area contributed by atoms with Crippen LogP contribution >= 0.6 is 0 Å². The molecule has 0 amide bonds. The smallest absolute Gasteiger partial charge is 0.313 e. The van der Waals surface area contributed by atoms with Crippen molar-refractivity contribution in [3.63, 3.8) is 0 Å². The molecule has 0 aliphatic rings. The number of carbonyl (C=O) groups is 3. The van der Waals surface area contributed by atoms with E-state index in [1.165, 1.54) is 0 Å². The van der Waals surface area contributed by atoms with Gasteiger partial charge in [0, 0.05) is 16.8 Å². The summed E-state index contributed by atoms with van der Waals surface area (Å²) < 4.78 is 9.08. The molecule has 0 aliphatic heterocycles. The zero-order valence-electron chi connectivity index (χ0n) is 8.70. The summed E-state index contributed by atoms with van der Waals surface area (Å²) in [5, 5.41) is 0. The van der Waals surface area contributed by atoms with E-state index in [0.717, 1.165) is 0 Å². The van der Waals surface area contributed by atoms with Crippen LogP contribution in [0.2, 0.25) is 0 Å². The number of hydrogen-bond donors (Lipinski definition) is 0. The van der Waals surface area contributed by atoms with Gasteiger partial charge in [-0.05, 0) is 13.8 Å². The van der Waals surface area contributed by atoms with Gasteiger partial charge in [-0.15, -0.1) is 0 Å². The molecule has 0 aromatic carbocycles. The Labute approximate surface area is 98.7 Å². The Morgan fingerprint density at radius 1 is 0.867 bits per heavy atom. The maximum absolute atomic E-state index is 11.0. The molecule has 6 heteroatoms. The van der Waals surface area contributed by atoms with Crippen molar-refractivity contribution >= 4 is 17.7 Å². The molecule has 5 nitrogen and oxygen atoms in total. The van der Waals surface area contributed by atoms with Crippen LogP contribution < -0.4 is 0 Å². The predicted octanol–water partition coefficient (Wildman–Crippen LogP) is 0.459. The van der Waals surface area contributed by atoms with Crippen molar-refractivity contribution in [3.05, 3.63) is 0 Å². The largest absolute Gasteiger partial charge is 0.466 e. The van der Waals surface area contributed by atoms with Gasteiger partial charge in [0.2, 0.25) is 0 Å². The molecule has 0 unspecified atom stereocenters. The molecule has 0 spiro atoms. The molecule has 0 aromatic rings.